The van der Waals surface area contributed by atoms with E-state index in [1.807, 2.05) is 11.9 Å². The number of aromatic amines is 2. The molecule has 2 aromatic heterocycles. The van der Waals surface area contributed by atoms with E-state index < -0.39 is 11.2 Å². The molecule has 12 heteroatoms. The second-order valence-corrected chi connectivity index (χ2v) is 7.40. The Morgan fingerprint density at radius 2 is 1.90 bits per heavy atom. The zero-order valence-corrected chi connectivity index (χ0v) is 16.5. The van der Waals surface area contributed by atoms with Crippen LogP contribution in [0.5, 0.6) is 11.6 Å². The molecule has 0 spiro atoms. The fourth-order valence-corrected chi connectivity index (χ4v) is 3.84. The highest BCUT2D eigenvalue weighted by Crippen LogP contribution is 2.41. The van der Waals surface area contributed by atoms with E-state index in [1.54, 1.807) is 0 Å². The summed E-state index contributed by atoms with van der Waals surface area (Å²) in [5.74, 6) is 0.0169. The van der Waals surface area contributed by atoms with Crippen LogP contribution in [0, 0.1) is 0 Å². The Labute approximate surface area is 172 Å². The van der Waals surface area contributed by atoms with Gasteiger partial charge in [-0.3, -0.25) is 14.6 Å². The molecule has 3 aromatic rings. The van der Waals surface area contributed by atoms with E-state index in [-0.39, 0.29) is 44.7 Å². The number of rotatable bonds is 3. The lowest BCUT2D eigenvalue weighted by Gasteiger charge is -2.13. The maximum atomic E-state index is 12.0. The van der Waals surface area contributed by atoms with Gasteiger partial charge < -0.3 is 10.5 Å². The smallest absolute Gasteiger partial charge is 0.349 e. The lowest BCUT2D eigenvalue weighted by molar-refractivity contribution is 0.448. The predicted octanol–water partition coefficient (Wildman–Crippen LogP) is 1.74. The summed E-state index contributed by atoms with van der Waals surface area (Å²) < 4.78 is 6.67. The molecule has 0 saturated carbocycles. The minimum atomic E-state index is -0.806. The molecule has 1 aliphatic rings. The number of hydrogen-bond acceptors (Lipinski definition) is 7. The van der Waals surface area contributed by atoms with Gasteiger partial charge in [0, 0.05) is 11.1 Å². The number of aromatic nitrogens is 5. The SMILES string of the molecule is CC1CCc2c(Oc3c(Cl)cc(-n4nc(N)c(=O)[nH]c4=O)cc3Cl)n[nH]c(=O)c21. The first-order chi connectivity index (χ1) is 13.8. The van der Waals surface area contributed by atoms with Crippen molar-refractivity contribution in [2.24, 2.45) is 0 Å². The molecule has 4 rings (SSSR count). The predicted molar refractivity (Wildman–Crippen MR) is 107 cm³/mol. The summed E-state index contributed by atoms with van der Waals surface area (Å²) in [4.78, 5) is 37.5. The summed E-state index contributed by atoms with van der Waals surface area (Å²) >= 11 is 12.6. The Bertz CT molecular complexity index is 1290. The van der Waals surface area contributed by atoms with Gasteiger partial charge in [-0.25, -0.2) is 9.89 Å². The zero-order chi connectivity index (χ0) is 20.9. The Kier molecular flexibility index (Phi) is 4.67. The fraction of sp³-hybridized carbons (Fsp3) is 0.235. The number of halogens is 2. The van der Waals surface area contributed by atoms with Crippen LogP contribution in [0.2, 0.25) is 10.0 Å². The summed E-state index contributed by atoms with van der Waals surface area (Å²) in [6.45, 7) is 1.96. The molecule has 1 aliphatic carbocycles. The zero-order valence-electron chi connectivity index (χ0n) is 15.0. The van der Waals surface area contributed by atoms with E-state index in [4.69, 9.17) is 33.7 Å². The second kappa shape index (κ2) is 7.05. The average Bonchev–Trinajstić information content (AvgIpc) is 3.05. The first-order valence-electron chi connectivity index (χ1n) is 8.54. The van der Waals surface area contributed by atoms with Crippen molar-refractivity contribution in [1.82, 2.24) is 25.0 Å². The second-order valence-electron chi connectivity index (χ2n) is 6.59. The molecular weight excluding hydrogens is 423 g/mol. The molecule has 150 valence electrons. The molecule has 10 nitrogen and oxygen atoms in total. The number of fused-ring (bicyclic) bond motifs is 1. The van der Waals surface area contributed by atoms with E-state index in [2.05, 4.69) is 15.3 Å². The summed E-state index contributed by atoms with van der Waals surface area (Å²) in [6, 6.07) is 2.76. The van der Waals surface area contributed by atoms with Crippen molar-refractivity contribution in [2.45, 2.75) is 25.7 Å². The molecule has 2 heterocycles. The minimum absolute atomic E-state index is 0.0683. The number of nitrogens with two attached hydrogens (primary N) is 1. The quantitative estimate of drug-likeness (QED) is 0.565. The van der Waals surface area contributed by atoms with Gasteiger partial charge in [-0.05, 0) is 30.9 Å². The number of nitrogens with one attached hydrogen (secondary N) is 2. The number of anilines is 1. The Hall–Kier alpha value is -3.11. The van der Waals surface area contributed by atoms with Crippen LogP contribution in [0.3, 0.4) is 0 Å². The van der Waals surface area contributed by atoms with Crippen molar-refractivity contribution in [3.63, 3.8) is 0 Å². The molecule has 1 aromatic carbocycles. The number of ether oxygens (including phenoxy) is 1. The molecule has 29 heavy (non-hydrogen) atoms. The third-order valence-electron chi connectivity index (χ3n) is 4.69. The molecule has 4 N–H and O–H groups in total. The molecule has 1 atom stereocenters. The van der Waals surface area contributed by atoms with E-state index in [0.29, 0.717) is 17.5 Å². The van der Waals surface area contributed by atoms with Gasteiger partial charge in [0.25, 0.3) is 11.1 Å². The third-order valence-corrected chi connectivity index (χ3v) is 5.25. The van der Waals surface area contributed by atoms with Crippen molar-refractivity contribution in [3.8, 4) is 17.3 Å². The van der Waals surface area contributed by atoms with Crippen molar-refractivity contribution >= 4 is 29.0 Å². The van der Waals surface area contributed by atoms with Gasteiger partial charge >= 0.3 is 5.69 Å². The molecular formula is C17H14Cl2N6O4. The van der Waals surface area contributed by atoms with Gasteiger partial charge in [-0.2, -0.15) is 4.68 Å². The lowest BCUT2D eigenvalue weighted by Crippen LogP contribution is -2.33. The maximum Gasteiger partial charge on any atom is 0.349 e. The average molecular weight is 437 g/mol. The van der Waals surface area contributed by atoms with Gasteiger partial charge in [0.1, 0.15) is 0 Å². The number of nitrogens with zero attached hydrogens (tertiary/aromatic N) is 3. The first-order valence-corrected chi connectivity index (χ1v) is 9.29. The van der Waals surface area contributed by atoms with Gasteiger partial charge in [-0.1, -0.05) is 30.1 Å². The standard InChI is InChI=1S/C17H14Cl2N6O4/c1-6-2-3-8-11(6)14(26)22-23-16(8)29-12-9(18)4-7(5-10(12)19)25-17(28)21-15(27)13(20)24-25/h4-6H,2-3H2,1H3,(H2,20,24)(H,22,26)(H,21,27,28). The largest absolute Gasteiger partial charge is 0.434 e. The first kappa shape index (κ1) is 19.2. The molecule has 0 amide bonds. The van der Waals surface area contributed by atoms with Crippen LogP contribution < -0.4 is 27.3 Å². The van der Waals surface area contributed by atoms with Crippen LogP contribution in [0.4, 0.5) is 5.82 Å². The summed E-state index contributed by atoms with van der Waals surface area (Å²) in [7, 11) is 0. The highest BCUT2D eigenvalue weighted by atomic mass is 35.5. The third kappa shape index (κ3) is 3.30. The minimum Gasteiger partial charge on any atom is -0.434 e. The normalized spacial score (nSPS) is 15.3. The Balaban J connectivity index is 1.77. The Morgan fingerprint density at radius 1 is 1.21 bits per heavy atom. The van der Waals surface area contributed by atoms with Crippen molar-refractivity contribution in [1.29, 1.82) is 0 Å². The van der Waals surface area contributed by atoms with Gasteiger partial charge in [0.05, 0.1) is 15.7 Å². The molecule has 0 saturated heterocycles. The van der Waals surface area contributed by atoms with Crippen molar-refractivity contribution < 1.29 is 4.74 Å². The summed E-state index contributed by atoms with van der Waals surface area (Å²) in [6.07, 6.45) is 1.45. The van der Waals surface area contributed by atoms with Gasteiger partial charge in [-0.15, -0.1) is 10.2 Å². The van der Waals surface area contributed by atoms with E-state index in [9.17, 15) is 14.4 Å². The number of H-pyrrole nitrogens is 2. The van der Waals surface area contributed by atoms with Crippen LogP contribution >= 0.6 is 23.2 Å². The molecule has 1 unspecified atom stereocenters. The number of nitrogen functional groups attached to an aromatic ring is 1. The van der Waals surface area contributed by atoms with Crippen LogP contribution in [0.25, 0.3) is 5.69 Å². The highest BCUT2D eigenvalue weighted by molar-refractivity contribution is 6.37. The number of hydrogen-bond donors (Lipinski definition) is 3. The maximum absolute atomic E-state index is 12.0. The highest BCUT2D eigenvalue weighted by Gasteiger charge is 2.27. The van der Waals surface area contributed by atoms with E-state index >= 15 is 0 Å². The van der Waals surface area contributed by atoms with E-state index in [0.717, 1.165) is 11.1 Å². The fourth-order valence-electron chi connectivity index (χ4n) is 3.28. The van der Waals surface area contributed by atoms with Crippen molar-refractivity contribution in [3.05, 3.63) is 64.5 Å². The summed E-state index contributed by atoms with van der Waals surface area (Å²) in [5, 5.41) is 10.3. The van der Waals surface area contributed by atoms with Gasteiger partial charge in [0.2, 0.25) is 11.7 Å². The van der Waals surface area contributed by atoms with Crippen LogP contribution in [0.1, 0.15) is 30.4 Å². The molecule has 0 bridgehead atoms. The van der Waals surface area contributed by atoms with E-state index in [1.165, 1.54) is 12.1 Å². The van der Waals surface area contributed by atoms with Crippen LogP contribution in [0.15, 0.2) is 26.5 Å². The lowest BCUT2D eigenvalue weighted by atomic mass is 10.1. The van der Waals surface area contributed by atoms with Gasteiger partial charge in [0.15, 0.2) is 5.75 Å². The van der Waals surface area contributed by atoms with Crippen LogP contribution in [-0.2, 0) is 6.42 Å². The number of benzene rings is 1. The van der Waals surface area contributed by atoms with Crippen LogP contribution in [-0.4, -0.2) is 25.0 Å². The van der Waals surface area contributed by atoms with Crippen molar-refractivity contribution in [2.75, 3.05) is 5.73 Å². The topological polar surface area (TPSA) is 149 Å². The molecule has 0 radical (unpaired) electrons. The monoisotopic (exact) mass is 436 g/mol. The molecule has 0 aliphatic heterocycles. The Morgan fingerprint density at radius 3 is 2.59 bits per heavy atom. The summed E-state index contributed by atoms with van der Waals surface area (Å²) in [5.41, 5.74) is 5.15. The molecule has 0 fully saturated rings.